The monoisotopic (exact) mass is 523 g/mol. The molecular weight excluding hydrogens is 490 g/mol. The molecule has 1 aliphatic heterocycles. The molecule has 1 fully saturated rings. The fourth-order valence-corrected chi connectivity index (χ4v) is 5.51. The fourth-order valence-electron chi connectivity index (χ4n) is 4.38. The largest absolute Gasteiger partial charge is 0.508 e. The van der Waals surface area contributed by atoms with Crippen molar-refractivity contribution in [2.75, 3.05) is 19.5 Å². The summed E-state index contributed by atoms with van der Waals surface area (Å²) < 4.78 is -0.605. The van der Waals surface area contributed by atoms with Crippen molar-refractivity contribution in [1.29, 1.82) is 0 Å². The molecule has 0 aromatic heterocycles. The summed E-state index contributed by atoms with van der Waals surface area (Å²) >= 11 is 1.44. The highest BCUT2D eigenvalue weighted by atomic mass is 32.2. The van der Waals surface area contributed by atoms with Crippen LogP contribution in [0.2, 0.25) is 0 Å². The molecule has 0 aliphatic carbocycles. The third kappa shape index (κ3) is 6.27. The number of phenols is 1. The van der Waals surface area contributed by atoms with Gasteiger partial charge in [0.05, 0.1) is 18.5 Å². The van der Waals surface area contributed by atoms with Crippen LogP contribution in [0.25, 0.3) is 0 Å². The summed E-state index contributed by atoms with van der Waals surface area (Å²) in [6.45, 7) is 5.45. The zero-order chi connectivity index (χ0) is 27.3. The maximum atomic E-state index is 13.7. The number of likely N-dealkylation sites (N-methyl/N-ethyl adjacent to an activating group) is 1. The predicted molar refractivity (Wildman–Crippen MR) is 144 cm³/mol. The van der Waals surface area contributed by atoms with Gasteiger partial charge in [0.25, 0.3) is 11.8 Å². The first kappa shape index (κ1) is 28.1. The Morgan fingerprint density at radius 3 is 2.54 bits per heavy atom. The second-order valence-corrected chi connectivity index (χ2v) is 11.2. The molecule has 1 unspecified atom stereocenters. The molecule has 0 spiro atoms. The zero-order valence-corrected chi connectivity index (χ0v) is 22.3. The number of phenolic OH excluding ortho intramolecular Hbond substituents is 1. The van der Waals surface area contributed by atoms with Crippen molar-refractivity contribution >= 4 is 29.5 Å². The molecule has 1 aliphatic rings. The van der Waals surface area contributed by atoms with Crippen molar-refractivity contribution in [1.82, 2.24) is 15.1 Å². The number of carbonyl (C=O) groups is 3. The molecule has 3 rings (SSSR count). The number of hydrogen-bond acceptors (Lipinski definition) is 6. The van der Waals surface area contributed by atoms with Crippen LogP contribution in [0.5, 0.6) is 5.75 Å². The number of amides is 3. The van der Waals surface area contributed by atoms with Gasteiger partial charge in [-0.25, -0.2) is 0 Å². The lowest BCUT2D eigenvalue weighted by Gasteiger charge is -2.35. The fraction of sp³-hybridized carbons (Fsp3) is 0.393. The van der Waals surface area contributed by atoms with Crippen LogP contribution >= 0.6 is 11.8 Å². The molecular formula is C28H33N3O5S. The normalized spacial score (nSPS) is 17.9. The topological polar surface area (TPSA) is 110 Å². The highest BCUT2D eigenvalue weighted by molar-refractivity contribution is 8.00. The van der Waals surface area contributed by atoms with E-state index in [9.17, 15) is 24.6 Å². The van der Waals surface area contributed by atoms with Crippen LogP contribution in [0.4, 0.5) is 0 Å². The third-order valence-electron chi connectivity index (χ3n) is 6.57. The van der Waals surface area contributed by atoms with E-state index in [1.54, 1.807) is 26.1 Å². The maximum absolute atomic E-state index is 13.7. The zero-order valence-electron chi connectivity index (χ0n) is 21.5. The molecule has 0 bridgehead atoms. The number of rotatable bonds is 8. The molecule has 3 atom stereocenters. The molecule has 1 saturated heterocycles. The number of hydrogen-bond donors (Lipinski definition) is 3. The van der Waals surface area contributed by atoms with Crippen molar-refractivity contribution in [3.05, 3.63) is 65.2 Å². The van der Waals surface area contributed by atoms with E-state index in [0.29, 0.717) is 5.56 Å². The van der Waals surface area contributed by atoms with Crippen molar-refractivity contribution < 1.29 is 24.6 Å². The first-order chi connectivity index (χ1) is 17.5. The summed E-state index contributed by atoms with van der Waals surface area (Å²) in [4.78, 5) is 42.8. The second kappa shape index (κ2) is 11.7. The Hall–Kier alpha value is -3.48. The minimum absolute atomic E-state index is 0.0300. The molecule has 196 valence electrons. The number of benzene rings is 2. The lowest BCUT2D eigenvalue weighted by Crippen LogP contribution is -2.59. The number of thioether (sulfide) groups is 1. The van der Waals surface area contributed by atoms with Gasteiger partial charge in [0.15, 0.2) is 6.10 Å². The molecule has 37 heavy (non-hydrogen) atoms. The molecule has 3 amide bonds. The molecule has 0 radical (unpaired) electrons. The SMILES string of the molecule is C#CCN(C)C(=O)C1N(C(=O)[C@@H](O)[C@H](Cc2ccccc2)NC(=O)c2cccc(O)c2C)CSC1(C)C. The minimum Gasteiger partial charge on any atom is -0.508 e. The van der Waals surface area contributed by atoms with Crippen LogP contribution in [0.15, 0.2) is 48.5 Å². The van der Waals surface area contributed by atoms with Gasteiger partial charge in [-0.2, -0.15) is 0 Å². The number of nitrogens with one attached hydrogen (secondary N) is 1. The highest BCUT2D eigenvalue weighted by Crippen LogP contribution is 2.40. The first-order valence-corrected chi connectivity index (χ1v) is 12.9. The lowest BCUT2D eigenvalue weighted by atomic mass is 9.96. The standard InChI is InChI=1S/C28H33N3O5S/c1-6-15-30(5)27(36)24-28(3,4)37-17-31(24)26(35)23(33)21(16-19-11-8-7-9-12-19)29-25(34)20-13-10-14-22(32)18(20)2/h1,7-14,21,23-24,32-33H,15-17H2,2-5H3,(H,29,34)/t21-,23-,24?/m0/s1. The van der Waals surface area contributed by atoms with Crippen LogP contribution in [-0.4, -0.2) is 80.1 Å². The lowest BCUT2D eigenvalue weighted by molar-refractivity contribution is -0.150. The Morgan fingerprint density at radius 2 is 1.89 bits per heavy atom. The van der Waals surface area contributed by atoms with Gasteiger partial charge in [0.1, 0.15) is 11.8 Å². The van der Waals surface area contributed by atoms with E-state index in [2.05, 4.69) is 11.2 Å². The number of carbonyl (C=O) groups excluding carboxylic acids is 3. The van der Waals surface area contributed by atoms with Gasteiger partial charge in [-0.15, -0.1) is 18.2 Å². The first-order valence-electron chi connectivity index (χ1n) is 11.9. The van der Waals surface area contributed by atoms with E-state index in [4.69, 9.17) is 6.42 Å². The average molecular weight is 524 g/mol. The summed E-state index contributed by atoms with van der Waals surface area (Å²) in [6, 6.07) is 12.0. The smallest absolute Gasteiger partial charge is 0.254 e. The van der Waals surface area contributed by atoms with Gasteiger partial charge in [-0.05, 0) is 44.9 Å². The van der Waals surface area contributed by atoms with Gasteiger partial charge in [0.2, 0.25) is 5.91 Å². The summed E-state index contributed by atoms with van der Waals surface area (Å²) in [7, 11) is 1.58. The van der Waals surface area contributed by atoms with Crippen molar-refractivity contribution in [2.45, 2.75) is 50.1 Å². The predicted octanol–water partition coefficient (Wildman–Crippen LogP) is 2.17. The van der Waals surface area contributed by atoms with E-state index in [1.165, 1.54) is 27.6 Å². The van der Waals surface area contributed by atoms with Gasteiger partial charge in [0, 0.05) is 22.9 Å². The molecule has 2 aromatic rings. The number of nitrogens with zero attached hydrogens (tertiary/aromatic N) is 2. The Morgan fingerprint density at radius 1 is 1.22 bits per heavy atom. The molecule has 8 nitrogen and oxygen atoms in total. The molecule has 2 aromatic carbocycles. The molecule has 3 N–H and O–H groups in total. The minimum atomic E-state index is -1.62. The third-order valence-corrected chi connectivity index (χ3v) is 7.94. The van der Waals surface area contributed by atoms with Crippen molar-refractivity contribution in [2.24, 2.45) is 0 Å². The van der Waals surface area contributed by atoms with Crippen LogP contribution in [0.3, 0.4) is 0 Å². The summed E-state index contributed by atoms with van der Waals surface area (Å²) in [6.07, 6.45) is 3.94. The van der Waals surface area contributed by atoms with Crippen LogP contribution in [-0.2, 0) is 16.0 Å². The Labute approximate surface area is 222 Å². The Balaban J connectivity index is 1.90. The molecule has 0 saturated carbocycles. The van der Waals surface area contributed by atoms with Crippen LogP contribution in [0.1, 0.15) is 35.3 Å². The van der Waals surface area contributed by atoms with E-state index < -0.39 is 34.7 Å². The number of aliphatic hydroxyl groups is 1. The van der Waals surface area contributed by atoms with Crippen LogP contribution < -0.4 is 5.32 Å². The van der Waals surface area contributed by atoms with E-state index in [0.717, 1.165) is 5.56 Å². The molecule has 9 heteroatoms. The van der Waals surface area contributed by atoms with E-state index >= 15 is 0 Å². The van der Waals surface area contributed by atoms with E-state index in [-0.39, 0.29) is 36.1 Å². The highest BCUT2D eigenvalue weighted by Gasteiger charge is 2.50. The van der Waals surface area contributed by atoms with Crippen molar-refractivity contribution in [3.8, 4) is 18.1 Å². The van der Waals surface area contributed by atoms with Gasteiger partial charge < -0.3 is 25.3 Å². The molecule has 1 heterocycles. The Bertz CT molecular complexity index is 1190. The summed E-state index contributed by atoms with van der Waals surface area (Å²) in [5.41, 5.74) is 1.43. The van der Waals surface area contributed by atoms with Crippen LogP contribution in [0, 0.1) is 19.3 Å². The maximum Gasteiger partial charge on any atom is 0.254 e. The van der Waals surface area contributed by atoms with Gasteiger partial charge in [-0.3, -0.25) is 14.4 Å². The Kier molecular flexibility index (Phi) is 8.89. The van der Waals surface area contributed by atoms with E-state index in [1.807, 2.05) is 44.2 Å². The number of aliphatic hydroxyl groups excluding tert-OH is 1. The summed E-state index contributed by atoms with van der Waals surface area (Å²) in [5.74, 6) is 1.12. The van der Waals surface area contributed by atoms with Crippen molar-refractivity contribution in [3.63, 3.8) is 0 Å². The average Bonchev–Trinajstić information content (AvgIpc) is 3.19. The quantitative estimate of drug-likeness (QED) is 0.458. The second-order valence-electron chi connectivity index (χ2n) is 9.65. The van der Waals surface area contributed by atoms with Gasteiger partial charge in [-0.1, -0.05) is 42.3 Å². The van der Waals surface area contributed by atoms with Gasteiger partial charge >= 0.3 is 0 Å². The number of aromatic hydroxyl groups is 1. The summed E-state index contributed by atoms with van der Waals surface area (Å²) in [5, 5.41) is 24.1. The number of terminal acetylenes is 1.